The van der Waals surface area contributed by atoms with Gasteiger partial charge in [-0.2, -0.15) is 13.2 Å². The van der Waals surface area contributed by atoms with E-state index in [1.54, 1.807) is 0 Å². The molecule has 3 aromatic heterocycles. The molecule has 0 aliphatic heterocycles. The lowest BCUT2D eigenvalue weighted by molar-refractivity contribution is -0.134. The van der Waals surface area contributed by atoms with Crippen molar-refractivity contribution in [3.05, 3.63) is 61.6 Å². The summed E-state index contributed by atoms with van der Waals surface area (Å²) in [4.78, 5) is 27.2. The third-order valence-corrected chi connectivity index (χ3v) is 5.39. The van der Waals surface area contributed by atoms with Crippen LogP contribution in [-0.2, 0) is 19.1 Å². The first-order valence-corrected chi connectivity index (χ1v) is 9.05. The molecular formula is C17H10ClF5N2O3S. The van der Waals surface area contributed by atoms with Gasteiger partial charge in [-0.1, -0.05) is 11.6 Å². The van der Waals surface area contributed by atoms with Crippen molar-refractivity contribution in [3.8, 4) is 11.3 Å². The molecule has 0 atom stereocenters. The maximum Gasteiger partial charge on any atom is 0.425 e. The molecule has 0 aromatic carbocycles. The van der Waals surface area contributed by atoms with Crippen molar-refractivity contribution >= 4 is 28.7 Å². The number of alkyl halides is 5. The van der Waals surface area contributed by atoms with Gasteiger partial charge in [-0.15, -0.1) is 11.3 Å². The van der Waals surface area contributed by atoms with Crippen molar-refractivity contribution in [3.63, 3.8) is 0 Å². The van der Waals surface area contributed by atoms with Gasteiger partial charge < -0.3 is 8.98 Å². The van der Waals surface area contributed by atoms with Crippen molar-refractivity contribution in [2.75, 3.05) is 0 Å². The highest BCUT2D eigenvalue weighted by Crippen LogP contribution is 2.39. The Bertz CT molecular complexity index is 1090. The minimum Gasteiger partial charge on any atom is -0.443 e. The van der Waals surface area contributed by atoms with Crippen molar-refractivity contribution < 1.29 is 31.2 Å². The summed E-state index contributed by atoms with van der Waals surface area (Å²) < 4.78 is 69.8. The highest BCUT2D eigenvalue weighted by molar-refractivity contribution is 7.14. The van der Waals surface area contributed by atoms with Crippen molar-refractivity contribution in [1.29, 1.82) is 0 Å². The Morgan fingerprint density at radius 2 is 2.03 bits per heavy atom. The van der Waals surface area contributed by atoms with Crippen LogP contribution >= 0.6 is 22.9 Å². The Hall–Kier alpha value is -2.53. The minimum atomic E-state index is -4.66. The van der Waals surface area contributed by atoms with Gasteiger partial charge in [0, 0.05) is 12.6 Å². The van der Waals surface area contributed by atoms with Crippen LogP contribution in [0.4, 0.5) is 22.0 Å². The molecule has 29 heavy (non-hydrogen) atoms. The Kier molecular flexibility index (Phi) is 5.90. The molecular weight excluding hydrogens is 443 g/mol. The molecule has 0 bridgehead atoms. The molecule has 0 unspecified atom stereocenters. The topological polar surface area (TPSA) is 65.1 Å². The third-order valence-electron chi connectivity index (χ3n) is 3.76. The average Bonchev–Trinajstić information content (AvgIpc) is 3.26. The van der Waals surface area contributed by atoms with Crippen LogP contribution in [0.15, 0.2) is 40.1 Å². The first kappa shape index (κ1) is 21.2. The minimum absolute atomic E-state index is 0.000768. The van der Waals surface area contributed by atoms with E-state index in [1.165, 1.54) is 12.3 Å². The van der Waals surface area contributed by atoms with Gasteiger partial charge >= 0.3 is 6.18 Å². The van der Waals surface area contributed by atoms with Crippen LogP contribution in [0.2, 0.25) is 5.02 Å². The summed E-state index contributed by atoms with van der Waals surface area (Å²) in [7, 11) is 0. The Balaban J connectivity index is 1.98. The third kappa shape index (κ3) is 4.73. The van der Waals surface area contributed by atoms with Crippen LogP contribution in [0.3, 0.4) is 0 Å². The Morgan fingerprint density at radius 3 is 2.59 bits per heavy atom. The smallest absolute Gasteiger partial charge is 0.425 e. The summed E-state index contributed by atoms with van der Waals surface area (Å²) in [5.41, 5.74) is -0.770. The summed E-state index contributed by atoms with van der Waals surface area (Å²) in [6.07, 6.45) is -4.67. The molecule has 0 amide bonds. The number of halogens is 6. The number of pyridine rings is 1. The summed E-state index contributed by atoms with van der Waals surface area (Å²) in [6.45, 7) is -0.931. The lowest BCUT2D eigenvalue weighted by Gasteiger charge is -2.10. The number of aromatic nitrogens is 2. The number of Topliss-reactive ketones (excluding diaryl/α,β-unsaturated/α-hetero) is 1. The zero-order valence-corrected chi connectivity index (χ0v) is 15.7. The van der Waals surface area contributed by atoms with E-state index in [2.05, 4.69) is 4.98 Å². The molecule has 3 rings (SSSR count). The normalized spacial score (nSPS) is 12.0. The molecule has 0 aliphatic rings. The number of rotatable bonds is 6. The van der Waals surface area contributed by atoms with Crippen LogP contribution < -0.4 is 5.56 Å². The lowest BCUT2D eigenvalue weighted by atomic mass is 10.1. The van der Waals surface area contributed by atoms with Crippen LogP contribution in [0.1, 0.15) is 20.1 Å². The molecule has 0 fully saturated rings. The van der Waals surface area contributed by atoms with E-state index in [9.17, 15) is 31.5 Å². The number of hydrogen-bond donors (Lipinski definition) is 0. The molecule has 154 valence electrons. The maximum atomic E-state index is 12.8. The molecule has 0 saturated heterocycles. The van der Waals surface area contributed by atoms with Crippen LogP contribution in [0.5, 0.6) is 0 Å². The second-order valence-corrected chi connectivity index (χ2v) is 7.32. The Labute approximate surface area is 168 Å². The largest absolute Gasteiger partial charge is 0.443 e. The summed E-state index contributed by atoms with van der Waals surface area (Å²) in [5, 5.41) is -0.358. The first-order valence-electron chi connectivity index (χ1n) is 7.86. The van der Waals surface area contributed by atoms with E-state index >= 15 is 0 Å². The van der Waals surface area contributed by atoms with Gasteiger partial charge in [0.25, 0.3) is 12.0 Å². The van der Waals surface area contributed by atoms with E-state index in [-0.39, 0.29) is 38.1 Å². The Morgan fingerprint density at radius 1 is 1.31 bits per heavy atom. The van der Waals surface area contributed by atoms with E-state index in [0.29, 0.717) is 10.6 Å². The number of carbonyl (C=O) groups excluding carboxylic acids is 1. The summed E-state index contributed by atoms with van der Waals surface area (Å²) in [6, 6.07) is 1.89. The number of carbonyl (C=O) groups is 1. The monoisotopic (exact) mass is 452 g/mol. The standard InChI is InChI=1S/C17H10ClF5N2O3S/c18-10-3-13(17(21,22)23)29-15(10)11(26)2-8-1-9(12-4-24-7-28-12)16(27)25(5-8)6-14(19)20/h1,3-5,7,14H,2,6H2. The number of thiophene rings is 1. The lowest BCUT2D eigenvalue weighted by Crippen LogP contribution is -2.25. The predicted molar refractivity (Wildman–Crippen MR) is 94.6 cm³/mol. The molecule has 0 saturated carbocycles. The molecule has 0 radical (unpaired) electrons. The zero-order chi connectivity index (χ0) is 21.3. The maximum absolute atomic E-state index is 12.8. The van der Waals surface area contributed by atoms with Gasteiger partial charge in [0.2, 0.25) is 0 Å². The molecule has 3 aromatic rings. The van der Waals surface area contributed by atoms with Gasteiger partial charge in [-0.05, 0) is 17.7 Å². The number of ketones is 1. The van der Waals surface area contributed by atoms with Crippen molar-refractivity contribution in [2.24, 2.45) is 0 Å². The quantitative estimate of drug-likeness (QED) is 0.393. The van der Waals surface area contributed by atoms with Gasteiger partial charge in [-0.3, -0.25) is 9.59 Å². The SMILES string of the molecule is O=C(Cc1cc(-c2cnco2)c(=O)n(CC(F)F)c1)c1sc(C(F)(F)F)cc1Cl. The fourth-order valence-electron chi connectivity index (χ4n) is 2.57. The van der Waals surface area contributed by atoms with E-state index in [1.807, 2.05) is 0 Å². The fraction of sp³-hybridized carbons (Fsp3) is 0.235. The summed E-state index contributed by atoms with van der Waals surface area (Å²) in [5.74, 6) is -0.748. The number of nitrogens with zero attached hydrogens (tertiary/aromatic N) is 2. The molecule has 3 heterocycles. The first-order chi connectivity index (χ1) is 13.6. The highest BCUT2D eigenvalue weighted by atomic mass is 35.5. The molecule has 0 N–H and O–H groups in total. The van der Waals surface area contributed by atoms with Crippen molar-refractivity contribution in [2.45, 2.75) is 25.6 Å². The predicted octanol–water partition coefficient (Wildman–Crippen LogP) is 4.93. The fourth-order valence-corrected chi connectivity index (χ4v) is 3.82. The van der Waals surface area contributed by atoms with Crippen molar-refractivity contribution in [1.82, 2.24) is 9.55 Å². The van der Waals surface area contributed by atoms with E-state index in [4.69, 9.17) is 16.0 Å². The second kappa shape index (κ2) is 8.07. The van der Waals surface area contributed by atoms with E-state index < -0.39 is 41.8 Å². The van der Waals surface area contributed by atoms with Gasteiger partial charge in [0.15, 0.2) is 17.9 Å². The van der Waals surface area contributed by atoms with Gasteiger partial charge in [0.05, 0.1) is 28.2 Å². The average molecular weight is 453 g/mol. The van der Waals surface area contributed by atoms with Gasteiger partial charge in [-0.25, -0.2) is 13.8 Å². The number of oxazole rings is 1. The van der Waals surface area contributed by atoms with E-state index in [0.717, 1.165) is 12.6 Å². The van der Waals surface area contributed by atoms with Crippen LogP contribution in [0, 0.1) is 0 Å². The van der Waals surface area contributed by atoms with Crippen LogP contribution in [0.25, 0.3) is 11.3 Å². The molecule has 5 nitrogen and oxygen atoms in total. The zero-order valence-electron chi connectivity index (χ0n) is 14.2. The molecule has 12 heteroatoms. The molecule has 0 aliphatic carbocycles. The van der Waals surface area contributed by atoms with Crippen LogP contribution in [-0.4, -0.2) is 21.8 Å². The second-order valence-electron chi connectivity index (χ2n) is 5.86. The number of hydrogen-bond acceptors (Lipinski definition) is 5. The highest BCUT2D eigenvalue weighted by Gasteiger charge is 2.34. The van der Waals surface area contributed by atoms with Gasteiger partial charge in [0.1, 0.15) is 4.88 Å². The summed E-state index contributed by atoms with van der Waals surface area (Å²) >= 11 is 5.95. The molecule has 0 spiro atoms.